The average Bonchev–Trinajstić information content (AvgIpc) is 1.94. The summed E-state index contributed by atoms with van der Waals surface area (Å²) < 4.78 is 0. The predicted octanol–water partition coefficient (Wildman–Crippen LogP) is 0.890. The molecule has 1 fully saturated rings. The Morgan fingerprint density at radius 2 is 2.40 bits per heavy atom. The van der Waals surface area contributed by atoms with Crippen molar-refractivity contribution in [1.82, 2.24) is 0 Å². The van der Waals surface area contributed by atoms with E-state index < -0.39 is 0 Å². The molecule has 0 aromatic heterocycles. The van der Waals surface area contributed by atoms with Crippen molar-refractivity contribution in [1.29, 1.82) is 0 Å². The molecule has 0 saturated heterocycles. The second-order valence-corrected chi connectivity index (χ2v) is 2.62. The SMILES string of the molecule is CON=C1CCCC[C@@H]1N. The van der Waals surface area contributed by atoms with Crippen molar-refractivity contribution in [3.63, 3.8) is 0 Å². The Kier molecular flexibility index (Phi) is 2.68. The van der Waals surface area contributed by atoms with Crippen LogP contribution in [0.1, 0.15) is 25.7 Å². The first-order valence-electron chi connectivity index (χ1n) is 3.70. The number of nitrogens with zero attached hydrogens (tertiary/aromatic N) is 1. The van der Waals surface area contributed by atoms with Gasteiger partial charge >= 0.3 is 0 Å². The fourth-order valence-corrected chi connectivity index (χ4v) is 1.25. The first-order chi connectivity index (χ1) is 4.84. The highest BCUT2D eigenvalue weighted by Gasteiger charge is 2.16. The highest BCUT2D eigenvalue weighted by molar-refractivity contribution is 5.89. The second kappa shape index (κ2) is 3.56. The highest BCUT2D eigenvalue weighted by atomic mass is 16.6. The van der Waals surface area contributed by atoms with Crippen LogP contribution in [-0.4, -0.2) is 18.9 Å². The van der Waals surface area contributed by atoms with E-state index in [1.54, 1.807) is 7.11 Å². The molecule has 3 heteroatoms. The summed E-state index contributed by atoms with van der Waals surface area (Å²) in [7, 11) is 1.56. The molecule has 1 atom stereocenters. The minimum absolute atomic E-state index is 0.147. The van der Waals surface area contributed by atoms with Crippen LogP contribution in [-0.2, 0) is 4.84 Å². The second-order valence-electron chi connectivity index (χ2n) is 2.62. The Morgan fingerprint density at radius 3 is 3.00 bits per heavy atom. The number of nitrogens with two attached hydrogens (primary N) is 1. The van der Waals surface area contributed by atoms with Gasteiger partial charge in [0.05, 0.1) is 5.71 Å². The molecular weight excluding hydrogens is 128 g/mol. The zero-order valence-electron chi connectivity index (χ0n) is 6.34. The molecule has 0 aliphatic heterocycles. The molecule has 0 aromatic carbocycles. The largest absolute Gasteiger partial charge is 0.399 e. The third kappa shape index (κ3) is 1.70. The quantitative estimate of drug-likeness (QED) is 0.553. The third-order valence-corrected chi connectivity index (χ3v) is 1.83. The summed E-state index contributed by atoms with van der Waals surface area (Å²) in [5, 5.41) is 3.86. The van der Waals surface area contributed by atoms with Gasteiger partial charge in [-0.2, -0.15) is 0 Å². The third-order valence-electron chi connectivity index (χ3n) is 1.83. The Bertz CT molecular complexity index is 134. The Hall–Kier alpha value is -0.570. The number of oxime groups is 1. The minimum atomic E-state index is 0.147. The van der Waals surface area contributed by atoms with Gasteiger partial charge in [-0.3, -0.25) is 0 Å². The van der Waals surface area contributed by atoms with E-state index in [9.17, 15) is 0 Å². The maximum Gasteiger partial charge on any atom is 0.106 e. The first kappa shape index (κ1) is 7.54. The van der Waals surface area contributed by atoms with Crippen LogP contribution in [0.4, 0.5) is 0 Å². The van der Waals surface area contributed by atoms with Gasteiger partial charge in [0.1, 0.15) is 7.11 Å². The van der Waals surface area contributed by atoms with Crippen LogP contribution in [0.25, 0.3) is 0 Å². The van der Waals surface area contributed by atoms with Crippen LogP contribution in [0.5, 0.6) is 0 Å². The number of rotatable bonds is 1. The van der Waals surface area contributed by atoms with Gasteiger partial charge in [0.2, 0.25) is 0 Å². The van der Waals surface area contributed by atoms with Crippen LogP contribution in [0.3, 0.4) is 0 Å². The summed E-state index contributed by atoms with van der Waals surface area (Å²) in [6.07, 6.45) is 4.50. The van der Waals surface area contributed by atoms with E-state index in [4.69, 9.17) is 5.73 Å². The molecule has 0 heterocycles. The van der Waals surface area contributed by atoms with Gasteiger partial charge in [-0.25, -0.2) is 0 Å². The molecule has 0 aromatic rings. The molecule has 0 radical (unpaired) electrons. The highest BCUT2D eigenvalue weighted by Crippen LogP contribution is 2.13. The van der Waals surface area contributed by atoms with E-state index in [0.717, 1.165) is 18.6 Å². The Morgan fingerprint density at radius 1 is 1.60 bits per heavy atom. The van der Waals surface area contributed by atoms with Crippen LogP contribution in [0, 0.1) is 0 Å². The van der Waals surface area contributed by atoms with Crippen molar-refractivity contribution in [2.75, 3.05) is 7.11 Å². The first-order valence-corrected chi connectivity index (χ1v) is 3.70. The maximum absolute atomic E-state index is 5.75. The molecule has 10 heavy (non-hydrogen) atoms. The van der Waals surface area contributed by atoms with Gasteiger partial charge in [0.15, 0.2) is 0 Å². The molecule has 0 unspecified atom stereocenters. The molecule has 1 rings (SSSR count). The predicted molar refractivity (Wildman–Crippen MR) is 40.9 cm³/mol. The summed E-state index contributed by atoms with van der Waals surface area (Å²) in [5.74, 6) is 0. The van der Waals surface area contributed by atoms with E-state index in [-0.39, 0.29) is 6.04 Å². The molecule has 0 bridgehead atoms. The molecule has 3 nitrogen and oxygen atoms in total. The fourth-order valence-electron chi connectivity index (χ4n) is 1.25. The van der Waals surface area contributed by atoms with Crippen LogP contribution in [0.15, 0.2) is 5.16 Å². The summed E-state index contributed by atoms with van der Waals surface area (Å²) in [4.78, 5) is 4.66. The Balaban J connectivity index is 2.47. The van der Waals surface area contributed by atoms with Crippen molar-refractivity contribution in [2.24, 2.45) is 10.9 Å². The van der Waals surface area contributed by atoms with Gasteiger partial charge in [-0.05, 0) is 19.3 Å². The van der Waals surface area contributed by atoms with Gasteiger partial charge in [-0.1, -0.05) is 11.6 Å². The molecule has 1 saturated carbocycles. The van der Waals surface area contributed by atoms with Gasteiger partial charge in [0.25, 0.3) is 0 Å². The zero-order chi connectivity index (χ0) is 7.40. The standard InChI is InChI=1S/C7H14N2O/c1-10-9-7-5-3-2-4-6(7)8/h6H,2-5,8H2,1H3/t6-/m0/s1. The number of hydrogen-bond donors (Lipinski definition) is 1. The lowest BCUT2D eigenvalue weighted by atomic mass is 9.94. The average molecular weight is 142 g/mol. The van der Waals surface area contributed by atoms with Crippen molar-refractivity contribution < 1.29 is 4.84 Å². The fraction of sp³-hybridized carbons (Fsp3) is 0.857. The summed E-state index contributed by atoms with van der Waals surface area (Å²) in [6, 6.07) is 0.147. The molecule has 58 valence electrons. The zero-order valence-corrected chi connectivity index (χ0v) is 6.34. The van der Waals surface area contributed by atoms with E-state index in [1.165, 1.54) is 12.8 Å². The summed E-state index contributed by atoms with van der Waals surface area (Å²) in [5.41, 5.74) is 6.78. The van der Waals surface area contributed by atoms with Gasteiger partial charge < -0.3 is 10.6 Å². The normalized spacial score (nSPS) is 30.6. The van der Waals surface area contributed by atoms with Crippen molar-refractivity contribution in [2.45, 2.75) is 31.7 Å². The Labute approximate surface area is 61.2 Å². The number of hydrogen-bond acceptors (Lipinski definition) is 3. The van der Waals surface area contributed by atoms with E-state index >= 15 is 0 Å². The van der Waals surface area contributed by atoms with Crippen molar-refractivity contribution >= 4 is 5.71 Å². The van der Waals surface area contributed by atoms with Crippen LogP contribution < -0.4 is 5.73 Å². The topological polar surface area (TPSA) is 47.6 Å². The monoisotopic (exact) mass is 142 g/mol. The molecule has 1 aliphatic rings. The lowest BCUT2D eigenvalue weighted by Gasteiger charge is -2.18. The van der Waals surface area contributed by atoms with E-state index in [1.807, 2.05) is 0 Å². The smallest absolute Gasteiger partial charge is 0.106 e. The maximum atomic E-state index is 5.75. The summed E-state index contributed by atoms with van der Waals surface area (Å²) in [6.45, 7) is 0. The minimum Gasteiger partial charge on any atom is -0.399 e. The van der Waals surface area contributed by atoms with Crippen molar-refractivity contribution in [3.05, 3.63) is 0 Å². The summed E-state index contributed by atoms with van der Waals surface area (Å²) >= 11 is 0. The van der Waals surface area contributed by atoms with Crippen LogP contribution in [0.2, 0.25) is 0 Å². The van der Waals surface area contributed by atoms with Gasteiger partial charge in [-0.15, -0.1) is 0 Å². The van der Waals surface area contributed by atoms with Gasteiger partial charge in [0, 0.05) is 6.04 Å². The molecule has 1 aliphatic carbocycles. The molecule has 0 spiro atoms. The van der Waals surface area contributed by atoms with E-state index in [2.05, 4.69) is 9.99 Å². The molecule has 2 N–H and O–H groups in total. The van der Waals surface area contributed by atoms with Crippen LogP contribution >= 0.6 is 0 Å². The van der Waals surface area contributed by atoms with Crippen molar-refractivity contribution in [3.8, 4) is 0 Å². The molecule has 0 amide bonds. The lowest BCUT2D eigenvalue weighted by molar-refractivity contribution is 0.210. The van der Waals surface area contributed by atoms with E-state index in [0.29, 0.717) is 0 Å². The lowest BCUT2D eigenvalue weighted by Crippen LogP contribution is -2.33. The molecular formula is C7H14N2O.